The van der Waals surface area contributed by atoms with E-state index in [1.807, 2.05) is 22.6 Å². The van der Waals surface area contributed by atoms with Gasteiger partial charge < -0.3 is 4.74 Å². The average Bonchev–Trinajstić information content (AvgIpc) is 2.01. The summed E-state index contributed by atoms with van der Waals surface area (Å²) in [6.45, 7) is 0.243. The standard InChI is InChI=1S/C7H5IN2O/c1-2-5-11-6-3-4-9-7(8)10-6/h1,3-4H,5H2. The zero-order valence-electron chi connectivity index (χ0n) is 5.62. The highest BCUT2D eigenvalue weighted by molar-refractivity contribution is 14.1. The van der Waals surface area contributed by atoms with E-state index in [9.17, 15) is 0 Å². The zero-order valence-corrected chi connectivity index (χ0v) is 7.78. The molecular formula is C7H5IN2O. The number of hydrogen-bond acceptors (Lipinski definition) is 3. The number of terminal acetylenes is 1. The van der Waals surface area contributed by atoms with E-state index >= 15 is 0 Å². The van der Waals surface area contributed by atoms with Crippen LogP contribution in [0.4, 0.5) is 0 Å². The van der Waals surface area contributed by atoms with E-state index in [2.05, 4.69) is 15.9 Å². The van der Waals surface area contributed by atoms with Crippen molar-refractivity contribution in [3.05, 3.63) is 16.1 Å². The molecule has 56 valence electrons. The summed E-state index contributed by atoms with van der Waals surface area (Å²) in [5.41, 5.74) is 0. The van der Waals surface area contributed by atoms with Crippen LogP contribution >= 0.6 is 22.6 Å². The second kappa shape index (κ2) is 4.13. The third kappa shape index (κ3) is 2.72. The molecule has 1 heterocycles. The molecule has 0 spiro atoms. The summed E-state index contributed by atoms with van der Waals surface area (Å²) in [5.74, 6) is 2.87. The van der Waals surface area contributed by atoms with Crippen molar-refractivity contribution in [2.75, 3.05) is 6.61 Å². The molecule has 11 heavy (non-hydrogen) atoms. The van der Waals surface area contributed by atoms with Crippen LogP contribution in [0.15, 0.2) is 12.3 Å². The summed E-state index contributed by atoms with van der Waals surface area (Å²) < 4.78 is 5.69. The molecule has 0 saturated carbocycles. The maximum Gasteiger partial charge on any atom is 0.218 e. The molecule has 0 aromatic carbocycles. The summed E-state index contributed by atoms with van der Waals surface area (Å²) in [4.78, 5) is 7.86. The normalized spacial score (nSPS) is 8.73. The molecule has 0 fully saturated rings. The number of rotatable bonds is 2. The van der Waals surface area contributed by atoms with Crippen molar-refractivity contribution in [3.63, 3.8) is 0 Å². The van der Waals surface area contributed by atoms with Gasteiger partial charge in [-0.1, -0.05) is 5.92 Å². The van der Waals surface area contributed by atoms with Crippen LogP contribution in [-0.2, 0) is 0 Å². The second-order valence-corrected chi connectivity index (χ2v) is 2.62. The Labute approximate surface area is 78.3 Å². The van der Waals surface area contributed by atoms with Crippen LogP contribution in [0.1, 0.15) is 0 Å². The lowest BCUT2D eigenvalue weighted by molar-refractivity contribution is 0.353. The molecule has 0 N–H and O–H groups in total. The topological polar surface area (TPSA) is 35.0 Å². The maximum atomic E-state index is 5.04. The lowest BCUT2D eigenvalue weighted by Gasteiger charge is -1.98. The van der Waals surface area contributed by atoms with Crippen molar-refractivity contribution in [2.24, 2.45) is 0 Å². The molecule has 4 heteroatoms. The fourth-order valence-electron chi connectivity index (χ4n) is 0.516. The third-order valence-corrected chi connectivity index (χ3v) is 1.42. The van der Waals surface area contributed by atoms with E-state index in [1.165, 1.54) is 0 Å². The van der Waals surface area contributed by atoms with Crippen LogP contribution in [0.2, 0.25) is 0 Å². The van der Waals surface area contributed by atoms with E-state index in [4.69, 9.17) is 11.2 Å². The Morgan fingerprint density at radius 2 is 2.55 bits per heavy atom. The number of nitrogens with zero attached hydrogens (tertiary/aromatic N) is 2. The number of hydrogen-bond donors (Lipinski definition) is 0. The minimum atomic E-state index is 0.243. The highest BCUT2D eigenvalue weighted by atomic mass is 127. The summed E-state index contributed by atoms with van der Waals surface area (Å²) >= 11 is 2.00. The van der Waals surface area contributed by atoms with Gasteiger partial charge >= 0.3 is 0 Å². The molecule has 0 unspecified atom stereocenters. The van der Waals surface area contributed by atoms with E-state index < -0.39 is 0 Å². The van der Waals surface area contributed by atoms with Gasteiger partial charge in [-0.3, -0.25) is 0 Å². The van der Waals surface area contributed by atoms with E-state index in [0.717, 1.165) is 0 Å². The highest BCUT2D eigenvalue weighted by Crippen LogP contribution is 2.05. The first kappa shape index (κ1) is 8.27. The van der Waals surface area contributed by atoms with Crippen molar-refractivity contribution in [1.82, 2.24) is 9.97 Å². The SMILES string of the molecule is C#CCOc1ccnc(I)n1. The van der Waals surface area contributed by atoms with Crippen LogP contribution in [0, 0.1) is 16.2 Å². The van der Waals surface area contributed by atoms with Gasteiger partial charge in [-0.25, -0.2) is 4.98 Å². The van der Waals surface area contributed by atoms with Crippen LogP contribution in [0.5, 0.6) is 5.88 Å². The fraction of sp³-hybridized carbons (Fsp3) is 0.143. The van der Waals surface area contributed by atoms with Gasteiger partial charge in [0.15, 0.2) is 10.4 Å². The Kier molecular flexibility index (Phi) is 3.11. The van der Waals surface area contributed by atoms with Crippen molar-refractivity contribution in [1.29, 1.82) is 0 Å². The monoisotopic (exact) mass is 260 g/mol. The molecule has 1 aromatic rings. The molecule has 3 nitrogen and oxygen atoms in total. The molecule has 1 aromatic heterocycles. The fourth-order valence-corrected chi connectivity index (χ4v) is 0.914. The van der Waals surface area contributed by atoms with Crippen molar-refractivity contribution in [2.45, 2.75) is 0 Å². The molecule has 0 atom stereocenters. The van der Waals surface area contributed by atoms with Crippen molar-refractivity contribution < 1.29 is 4.74 Å². The Balaban J connectivity index is 2.65. The third-order valence-electron chi connectivity index (χ3n) is 0.904. The average molecular weight is 260 g/mol. The van der Waals surface area contributed by atoms with Crippen molar-refractivity contribution >= 4 is 22.6 Å². The molecule has 0 amide bonds. The van der Waals surface area contributed by atoms with Gasteiger partial charge in [0.05, 0.1) is 0 Å². The number of ether oxygens (including phenoxy) is 1. The molecule has 0 aliphatic heterocycles. The largest absolute Gasteiger partial charge is 0.464 e. The van der Waals surface area contributed by atoms with Gasteiger partial charge in [0.25, 0.3) is 0 Å². The number of aromatic nitrogens is 2. The Bertz CT molecular complexity index is 282. The summed E-state index contributed by atoms with van der Waals surface area (Å²) in [6.07, 6.45) is 6.62. The van der Waals surface area contributed by atoms with Crippen LogP contribution in [-0.4, -0.2) is 16.6 Å². The lowest BCUT2D eigenvalue weighted by atomic mass is 10.6. The first-order valence-electron chi connectivity index (χ1n) is 2.88. The van der Waals surface area contributed by atoms with E-state index in [0.29, 0.717) is 9.71 Å². The van der Waals surface area contributed by atoms with Gasteiger partial charge in [-0.2, -0.15) is 4.98 Å². The lowest BCUT2D eigenvalue weighted by Crippen LogP contribution is -1.97. The predicted octanol–water partition coefficient (Wildman–Crippen LogP) is 1.09. The smallest absolute Gasteiger partial charge is 0.218 e. The number of halogens is 1. The van der Waals surface area contributed by atoms with Crippen LogP contribution < -0.4 is 4.74 Å². The predicted molar refractivity (Wildman–Crippen MR) is 49.1 cm³/mol. The Morgan fingerprint density at radius 3 is 3.18 bits per heavy atom. The molecular weight excluding hydrogens is 255 g/mol. The van der Waals surface area contributed by atoms with Gasteiger partial charge in [0.1, 0.15) is 0 Å². The molecule has 0 saturated heterocycles. The van der Waals surface area contributed by atoms with Gasteiger partial charge in [0.2, 0.25) is 5.88 Å². The highest BCUT2D eigenvalue weighted by Gasteiger charge is 1.93. The Morgan fingerprint density at radius 1 is 1.73 bits per heavy atom. The Hall–Kier alpha value is -0.830. The van der Waals surface area contributed by atoms with Crippen molar-refractivity contribution in [3.8, 4) is 18.2 Å². The van der Waals surface area contributed by atoms with E-state index in [-0.39, 0.29) is 6.61 Å². The first-order chi connectivity index (χ1) is 5.33. The minimum absolute atomic E-state index is 0.243. The summed E-state index contributed by atoms with van der Waals surface area (Å²) in [7, 11) is 0. The first-order valence-corrected chi connectivity index (χ1v) is 3.95. The van der Waals surface area contributed by atoms with Crippen LogP contribution in [0.3, 0.4) is 0 Å². The van der Waals surface area contributed by atoms with E-state index in [1.54, 1.807) is 12.3 Å². The minimum Gasteiger partial charge on any atom is -0.464 e. The van der Waals surface area contributed by atoms with Gasteiger partial charge in [-0.15, -0.1) is 6.42 Å². The molecule has 0 bridgehead atoms. The van der Waals surface area contributed by atoms with Gasteiger partial charge in [0, 0.05) is 34.9 Å². The molecule has 0 radical (unpaired) electrons. The summed E-state index contributed by atoms with van der Waals surface area (Å²) in [5, 5.41) is 0. The molecule has 0 aliphatic carbocycles. The van der Waals surface area contributed by atoms with Gasteiger partial charge in [-0.05, 0) is 0 Å². The van der Waals surface area contributed by atoms with Crippen LogP contribution in [0.25, 0.3) is 0 Å². The molecule has 1 rings (SSSR count). The summed E-state index contributed by atoms with van der Waals surface area (Å²) in [6, 6.07) is 1.67. The second-order valence-electron chi connectivity index (χ2n) is 1.66. The zero-order chi connectivity index (χ0) is 8.10. The molecule has 0 aliphatic rings. The maximum absolute atomic E-state index is 5.04. The quantitative estimate of drug-likeness (QED) is 0.453.